The summed E-state index contributed by atoms with van der Waals surface area (Å²) in [5, 5.41) is 12.9. The Morgan fingerprint density at radius 2 is 1.62 bits per heavy atom. The second kappa shape index (κ2) is 12.2. The Labute approximate surface area is 217 Å². The van der Waals surface area contributed by atoms with Crippen LogP contribution in [-0.4, -0.2) is 35.9 Å². The Bertz CT molecular complexity index is 1270. The molecule has 0 bridgehead atoms. The molecule has 7 heteroatoms. The van der Waals surface area contributed by atoms with E-state index in [4.69, 9.17) is 9.47 Å². The average Bonchev–Trinajstić information content (AvgIpc) is 2.88. The molecule has 0 aromatic heterocycles. The molecule has 0 saturated carbocycles. The molecule has 0 aliphatic carbocycles. The van der Waals surface area contributed by atoms with Crippen LogP contribution < -0.4 is 14.8 Å². The number of Topliss-reactive ketones (excluding diaryl/α,β-unsaturated/α-hetero) is 1. The largest absolute Gasteiger partial charge is 0.504 e. The molecule has 1 amide bonds. The highest BCUT2D eigenvalue weighted by atomic mass is 16.5. The summed E-state index contributed by atoms with van der Waals surface area (Å²) in [5.41, 5.74) is 2.03. The van der Waals surface area contributed by atoms with E-state index >= 15 is 0 Å². The monoisotopic (exact) mass is 503 g/mol. The van der Waals surface area contributed by atoms with Crippen molar-refractivity contribution < 1.29 is 29.0 Å². The summed E-state index contributed by atoms with van der Waals surface area (Å²) in [5.74, 6) is -0.797. The van der Waals surface area contributed by atoms with E-state index < -0.39 is 11.4 Å². The van der Waals surface area contributed by atoms with Gasteiger partial charge in [-0.05, 0) is 74.2 Å². The van der Waals surface area contributed by atoms with Gasteiger partial charge < -0.3 is 19.9 Å². The first-order valence-electron chi connectivity index (χ1n) is 12.2. The maximum absolute atomic E-state index is 12.7. The molecular weight excluding hydrogens is 470 g/mol. The zero-order valence-electron chi connectivity index (χ0n) is 21.7. The normalized spacial score (nSPS) is 11.0. The minimum absolute atomic E-state index is 0.0568. The molecule has 0 unspecified atom stereocenters. The van der Waals surface area contributed by atoms with Crippen LogP contribution in [0.5, 0.6) is 17.2 Å². The van der Waals surface area contributed by atoms with Gasteiger partial charge in [0.2, 0.25) is 5.91 Å². The van der Waals surface area contributed by atoms with E-state index in [1.165, 1.54) is 18.2 Å². The number of esters is 1. The van der Waals surface area contributed by atoms with Gasteiger partial charge in [0, 0.05) is 11.0 Å². The third-order valence-electron chi connectivity index (χ3n) is 6.06. The van der Waals surface area contributed by atoms with E-state index in [1.807, 2.05) is 45.9 Å². The molecule has 37 heavy (non-hydrogen) atoms. The van der Waals surface area contributed by atoms with Gasteiger partial charge in [-0.2, -0.15) is 0 Å². The fourth-order valence-electron chi connectivity index (χ4n) is 3.68. The minimum atomic E-state index is -0.692. The van der Waals surface area contributed by atoms with E-state index in [2.05, 4.69) is 5.32 Å². The maximum atomic E-state index is 12.7. The van der Waals surface area contributed by atoms with Gasteiger partial charge in [-0.25, -0.2) is 4.79 Å². The van der Waals surface area contributed by atoms with Crippen molar-refractivity contribution in [2.75, 3.05) is 13.2 Å². The molecule has 3 aromatic rings. The van der Waals surface area contributed by atoms with Gasteiger partial charge in [0.1, 0.15) is 5.75 Å². The molecule has 0 aliphatic heterocycles. The van der Waals surface area contributed by atoms with E-state index in [-0.39, 0.29) is 35.3 Å². The first kappa shape index (κ1) is 27.5. The van der Waals surface area contributed by atoms with Gasteiger partial charge in [-0.1, -0.05) is 44.2 Å². The van der Waals surface area contributed by atoms with Crippen LogP contribution in [0.2, 0.25) is 0 Å². The highest BCUT2D eigenvalue weighted by Crippen LogP contribution is 2.28. The molecule has 0 saturated heterocycles. The van der Waals surface area contributed by atoms with Crippen molar-refractivity contribution >= 4 is 17.7 Å². The molecule has 7 nitrogen and oxygen atoms in total. The van der Waals surface area contributed by atoms with Crippen molar-refractivity contribution in [3.8, 4) is 17.2 Å². The van der Waals surface area contributed by atoms with E-state index in [0.29, 0.717) is 25.0 Å². The lowest BCUT2D eigenvalue weighted by molar-refractivity contribution is -0.129. The van der Waals surface area contributed by atoms with Crippen LogP contribution in [0.3, 0.4) is 0 Å². The zero-order valence-corrected chi connectivity index (χ0v) is 21.7. The number of carbonyl (C=O) groups excluding carboxylic acids is 3. The quantitative estimate of drug-likeness (QED) is 0.157. The maximum Gasteiger partial charge on any atom is 0.343 e. The number of benzene rings is 3. The Balaban J connectivity index is 1.47. The van der Waals surface area contributed by atoms with Crippen LogP contribution in [0.1, 0.15) is 58.5 Å². The van der Waals surface area contributed by atoms with Gasteiger partial charge in [-0.3, -0.25) is 9.59 Å². The first-order valence-corrected chi connectivity index (χ1v) is 12.2. The number of hydrogen-bond acceptors (Lipinski definition) is 6. The average molecular weight is 504 g/mol. The number of aryl methyl sites for hydroxylation is 2. The molecular formula is C30H33NO6. The number of ketones is 1. The number of hydrogen-bond donors (Lipinski definition) is 2. The second-order valence-electron chi connectivity index (χ2n) is 9.65. The first-order chi connectivity index (χ1) is 17.6. The predicted molar refractivity (Wildman–Crippen MR) is 141 cm³/mol. The van der Waals surface area contributed by atoms with Crippen molar-refractivity contribution in [1.29, 1.82) is 0 Å². The smallest absolute Gasteiger partial charge is 0.343 e. The Morgan fingerprint density at radius 3 is 2.32 bits per heavy atom. The van der Waals surface area contributed by atoms with Crippen LogP contribution in [-0.2, 0) is 4.79 Å². The number of amides is 1. The number of rotatable bonds is 11. The second-order valence-corrected chi connectivity index (χ2v) is 9.65. The molecule has 0 spiro atoms. The summed E-state index contributed by atoms with van der Waals surface area (Å²) in [6.07, 6.45) is 1.26. The molecule has 3 rings (SSSR count). The zero-order chi connectivity index (χ0) is 27.0. The molecule has 3 aromatic carbocycles. The molecule has 0 atom stereocenters. The van der Waals surface area contributed by atoms with Gasteiger partial charge in [0.15, 0.2) is 17.3 Å². The highest BCUT2D eigenvalue weighted by molar-refractivity contribution is 6.00. The fraction of sp³-hybridized carbons (Fsp3) is 0.300. The van der Waals surface area contributed by atoms with Crippen molar-refractivity contribution in [2.24, 2.45) is 5.41 Å². The van der Waals surface area contributed by atoms with Gasteiger partial charge in [0.25, 0.3) is 0 Å². The minimum Gasteiger partial charge on any atom is -0.504 e. The lowest BCUT2D eigenvalue weighted by Crippen LogP contribution is -2.39. The lowest BCUT2D eigenvalue weighted by atomic mass is 9.87. The summed E-state index contributed by atoms with van der Waals surface area (Å²) in [6, 6.07) is 18.4. The van der Waals surface area contributed by atoms with Crippen LogP contribution >= 0.6 is 0 Å². The standard InChI is InChI=1S/C30H33NO6/c1-20-11-12-21(2)27(17-20)36-16-8-15-30(3,4)29(35)31-19-25(33)23-13-14-26(24(32)18-23)37-28(34)22-9-6-5-7-10-22/h5-7,9-14,17-18,32H,8,15-16,19H2,1-4H3,(H,31,35). The highest BCUT2D eigenvalue weighted by Gasteiger charge is 2.27. The van der Waals surface area contributed by atoms with Crippen molar-refractivity contribution in [3.63, 3.8) is 0 Å². The number of aromatic hydroxyl groups is 1. The van der Waals surface area contributed by atoms with Crippen LogP contribution in [0, 0.1) is 19.3 Å². The molecule has 2 N–H and O–H groups in total. The van der Waals surface area contributed by atoms with Gasteiger partial charge in [-0.15, -0.1) is 0 Å². The van der Waals surface area contributed by atoms with Crippen LogP contribution in [0.15, 0.2) is 66.7 Å². The number of nitrogens with one attached hydrogen (secondary N) is 1. The fourth-order valence-corrected chi connectivity index (χ4v) is 3.68. The van der Waals surface area contributed by atoms with E-state index in [0.717, 1.165) is 16.9 Å². The number of phenolic OH excluding ortho intramolecular Hbond substituents is 1. The molecule has 0 fully saturated rings. The van der Waals surface area contributed by atoms with E-state index in [1.54, 1.807) is 30.3 Å². The van der Waals surface area contributed by atoms with Crippen LogP contribution in [0.25, 0.3) is 0 Å². The summed E-state index contributed by atoms with van der Waals surface area (Å²) in [7, 11) is 0. The molecule has 0 radical (unpaired) electrons. The molecule has 194 valence electrons. The van der Waals surface area contributed by atoms with E-state index in [9.17, 15) is 19.5 Å². The number of ether oxygens (including phenoxy) is 2. The topological polar surface area (TPSA) is 102 Å². The summed E-state index contributed by atoms with van der Waals surface area (Å²) in [4.78, 5) is 37.5. The predicted octanol–water partition coefficient (Wildman–Crippen LogP) is 5.41. The summed E-state index contributed by atoms with van der Waals surface area (Å²) < 4.78 is 11.1. The molecule has 0 aliphatic rings. The van der Waals surface area contributed by atoms with Crippen molar-refractivity contribution in [3.05, 3.63) is 89.0 Å². The lowest BCUT2D eigenvalue weighted by Gasteiger charge is -2.23. The Kier molecular flexibility index (Phi) is 9.06. The Morgan fingerprint density at radius 1 is 0.892 bits per heavy atom. The Hall–Kier alpha value is -4.13. The van der Waals surface area contributed by atoms with Crippen molar-refractivity contribution in [1.82, 2.24) is 5.32 Å². The third kappa shape index (κ3) is 7.67. The summed E-state index contributed by atoms with van der Waals surface area (Å²) >= 11 is 0. The third-order valence-corrected chi connectivity index (χ3v) is 6.06. The number of phenols is 1. The number of carbonyl (C=O) groups is 3. The van der Waals surface area contributed by atoms with Crippen LogP contribution in [0.4, 0.5) is 0 Å². The summed E-state index contributed by atoms with van der Waals surface area (Å²) in [6.45, 7) is 7.92. The van der Waals surface area contributed by atoms with Gasteiger partial charge in [0.05, 0.1) is 18.7 Å². The van der Waals surface area contributed by atoms with Crippen molar-refractivity contribution in [2.45, 2.75) is 40.5 Å². The molecule has 0 heterocycles. The van der Waals surface area contributed by atoms with Gasteiger partial charge >= 0.3 is 5.97 Å². The SMILES string of the molecule is Cc1ccc(C)c(OCCCC(C)(C)C(=O)NCC(=O)c2ccc(OC(=O)c3ccccc3)c(O)c2)c1.